The zero-order valence-electron chi connectivity index (χ0n) is 16.8. The number of carboxylic acid groups (broad SMARTS) is 1. The van der Waals surface area contributed by atoms with Crippen LogP contribution in [-0.4, -0.2) is 40.8 Å². The summed E-state index contributed by atoms with van der Waals surface area (Å²) in [5, 5.41) is 9.95. The van der Waals surface area contributed by atoms with Gasteiger partial charge in [0.25, 0.3) is 0 Å². The van der Waals surface area contributed by atoms with E-state index in [0.717, 1.165) is 5.56 Å². The number of hydrogen-bond acceptors (Lipinski definition) is 3. The Kier molecular flexibility index (Phi) is 5.41. The largest absolute Gasteiger partial charge is 0.481 e. The summed E-state index contributed by atoms with van der Waals surface area (Å²) in [6, 6.07) is 7.89. The second kappa shape index (κ2) is 6.93. The van der Waals surface area contributed by atoms with E-state index in [1.54, 1.807) is 4.90 Å². The Morgan fingerprint density at radius 3 is 1.88 bits per heavy atom. The first kappa shape index (κ1) is 20.3. The minimum Gasteiger partial charge on any atom is -0.481 e. The average molecular weight is 361 g/mol. The highest BCUT2D eigenvalue weighted by molar-refractivity contribution is 5.82. The van der Waals surface area contributed by atoms with Crippen molar-refractivity contribution >= 4 is 12.1 Å². The molecule has 1 heterocycles. The molecule has 1 aliphatic heterocycles. The van der Waals surface area contributed by atoms with E-state index in [1.807, 2.05) is 45.0 Å². The number of piperidine rings is 1. The number of rotatable bonds is 2. The minimum atomic E-state index is -0.949. The molecule has 1 amide bonds. The van der Waals surface area contributed by atoms with Crippen molar-refractivity contribution in [3.8, 4) is 0 Å². The molecule has 0 spiro atoms. The summed E-state index contributed by atoms with van der Waals surface area (Å²) in [6.07, 6.45) is 0.395. The fourth-order valence-corrected chi connectivity index (χ4v) is 3.31. The number of amides is 1. The summed E-state index contributed by atoms with van der Waals surface area (Å²) in [5.41, 5.74) is 0.500. The molecule has 0 bridgehead atoms. The summed E-state index contributed by atoms with van der Waals surface area (Å²) in [6.45, 7) is 12.6. The summed E-state index contributed by atoms with van der Waals surface area (Å²) < 4.78 is 5.40. The fraction of sp³-hybridized carbons (Fsp3) is 0.619. The molecule has 1 aliphatic rings. The molecule has 1 aromatic carbocycles. The quantitative estimate of drug-likeness (QED) is 0.851. The molecule has 1 aromatic rings. The van der Waals surface area contributed by atoms with E-state index in [-0.39, 0.29) is 11.5 Å². The second-order valence-corrected chi connectivity index (χ2v) is 9.18. The molecule has 0 unspecified atom stereocenters. The SMILES string of the molecule is CC(C)(C)OC(=O)N1CCC(C(=O)O)(c2ccc(C(C)(C)C)cc2)CC1. The van der Waals surface area contributed by atoms with E-state index in [2.05, 4.69) is 20.8 Å². The van der Waals surface area contributed by atoms with Gasteiger partial charge in [-0.25, -0.2) is 4.79 Å². The highest BCUT2D eigenvalue weighted by atomic mass is 16.6. The van der Waals surface area contributed by atoms with E-state index in [4.69, 9.17) is 4.74 Å². The number of aliphatic carboxylic acids is 1. The number of carboxylic acids is 1. The summed E-state index contributed by atoms with van der Waals surface area (Å²) in [5.74, 6) is -0.829. The third kappa shape index (κ3) is 4.37. The fourth-order valence-electron chi connectivity index (χ4n) is 3.31. The molecule has 0 saturated carbocycles. The van der Waals surface area contributed by atoms with Crippen molar-refractivity contribution in [3.63, 3.8) is 0 Å². The van der Waals surface area contributed by atoms with Gasteiger partial charge in [-0.05, 0) is 50.2 Å². The van der Waals surface area contributed by atoms with Gasteiger partial charge >= 0.3 is 12.1 Å². The third-order valence-corrected chi connectivity index (χ3v) is 4.98. The molecule has 1 fully saturated rings. The molecule has 26 heavy (non-hydrogen) atoms. The van der Waals surface area contributed by atoms with Gasteiger partial charge in [-0.2, -0.15) is 0 Å². The van der Waals surface area contributed by atoms with E-state index in [0.29, 0.717) is 25.9 Å². The van der Waals surface area contributed by atoms with Gasteiger partial charge in [0.05, 0.1) is 5.41 Å². The first-order valence-electron chi connectivity index (χ1n) is 9.17. The van der Waals surface area contributed by atoms with Crippen LogP contribution < -0.4 is 0 Å². The van der Waals surface area contributed by atoms with Gasteiger partial charge in [0.2, 0.25) is 0 Å². The molecular formula is C21H31NO4. The van der Waals surface area contributed by atoms with Crippen LogP contribution in [0.25, 0.3) is 0 Å². The molecule has 2 rings (SSSR count). The van der Waals surface area contributed by atoms with Crippen LogP contribution in [0.4, 0.5) is 4.79 Å². The van der Waals surface area contributed by atoms with E-state index in [1.165, 1.54) is 5.56 Å². The predicted molar refractivity (Wildman–Crippen MR) is 101 cm³/mol. The summed E-state index contributed by atoms with van der Waals surface area (Å²) in [4.78, 5) is 26.0. The van der Waals surface area contributed by atoms with Crippen molar-refractivity contribution in [1.29, 1.82) is 0 Å². The van der Waals surface area contributed by atoms with Gasteiger partial charge in [-0.15, -0.1) is 0 Å². The molecule has 1 N–H and O–H groups in total. The van der Waals surface area contributed by atoms with Gasteiger partial charge in [0, 0.05) is 13.1 Å². The van der Waals surface area contributed by atoms with Crippen molar-refractivity contribution in [2.75, 3.05) is 13.1 Å². The maximum absolute atomic E-state index is 12.2. The maximum Gasteiger partial charge on any atom is 0.410 e. The van der Waals surface area contributed by atoms with Crippen molar-refractivity contribution in [1.82, 2.24) is 4.90 Å². The average Bonchev–Trinajstić information content (AvgIpc) is 2.52. The van der Waals surface area contributed by atoms with Gasteiger partial charge in [0.1, 0.15) is 5.60 Å². The Morgan fingerprint density at radius 2 is 1.50 bits per heavy atom. The second-order valence-electron chi connectivity index (χ2n) is 9.18. The number of hydrogen-bond donors (Lipinski definition) is 1. The van der Waals surface area contributed by atoms with Crippen LogP contribution in [0.3, 0.4) is 0 Å². The van der Waals surface area contributed by atoms with Crippen LogP contribution in [-0.2, 0) is 20.4 Å². The first-order valence-corrected chi connectivity index (χ1v) is 9.17. The minimum absolute atomic E-state index is 0.0228. The lowest BCUT2D eigenvalue weighted by Crippen LogP contribution is -2.50. The molecule has 144 valence electrons. The van der Waals surface area contributed by atoms with Gasteiger partial charge in [0.15, 0.2) is 0 Å². The Hall–Kier alpha value is -2.04. The zero-order valence-corrected chi connectivity index (χ0v) is 16.8. The predicted octanol–water partition coefficient (Wildman–Crippen LogP) is 4.34. The van der Waals surface area contributed by atoms with Crippen LogP contribution in [0.2, 0.25) is 0 Å². The topological polar surface area (TPSA) is 66.8 Å². The van der Waals surface area contributed by atoms with Crippen molar-refractivity contribution in [2.45, 2.75) is 70.8 Å². The molecule has 1 saturated heterocycles. The molecule has 0 aliphatic carbocycles. The zero-order chi connectivity index (χ0) is 19.8. The van der Waals surface area contributed by atoms with E-state index >= 15 is 0 Å². The number of benzene rings is 1. The Labute approximate surface area is 156 Å². The Bertz CT molecular complexity index is 657. The number of likely N-dealkylation sites (tertiary alicyclic amines) is 1. The van der Waals surface area contributed by atoms with Crippen molar-refractivity contribution in [3.05, 3.63) is 35.4 Å². The summed E-state index contributed by atoms with van der Waals surface area (Å²) in [7, 11) is 0. The molecule has 0 aromatic heterocycles. The normalized spacial score (nSPS) is 17.7. The van der Waals surface area contributed by atoms with Crippen molar-refractivity contribution in [2.24, 2.45) is 0 Å². The highest BCUT2D eigenvalue weighted by Crippen LogP contribution is 2.37. The van der Waals surface area contributed by atoms with Gasteiger partial charge in [-0.3, -0.25) is 4.79 Å². The lowest BCUT2D eigenvalue weighted by atomic mass is 9.72. The Balaban J connectivity index is 2.18. The number of carbonyl (C=O) groups is 2. The van der Waals surface area contributed by atoms with Crippen LogP contribution in [0.5, 0.6) is 0 Å². The maximum atomic E-state index is 12.2. The summed E-state index contributed by atoms with van der Waals surface area (Å²) >= 11 is 0. The first-order chi connectivity index (χ1) is 11.8. The van der Waals surface area contributed by atoms with Gasteiger partial charge < -0.3 is 14.7 Å². The van der Waals surface area contributed by atoms with Crippen LogP contribution in [0, 0.1) is 0 Å². The van der Waals surface area contributed by atoms with Gasteiger partial charge in [-0.1, -0.05) is 45.0 Å². The van der Waals surface area contributed by atoms with Crippen LogP contribution in [0.1, 0.15) is 65.5 Å². The van der Waals surface area contributed by atoms with Crippen LogP contribution in [0.15, 0.2) is 24.3 Å². The van der Waals surface area contributed by atoms with Crippen molar-refractivity contribution < 1.29 is 19.4 Å². The monoisotopic (exact) mass is 361 g/mol. The molecule has 0 radical (unpaired) electrons. The lowest BCUT2D eigenvalue weighted by Gasteiger charge is -2.39. The molecule has 0 atom stereocenters. The molecule has 5 nitrogen and oxygen atoms in total. The van der Waals surface area contributed by atoms with E-state index in [9.17, 15) is 14.7 Å². The standard InChI is InChI=1S/C21H31NO4/c1-19(2,3)15-7-9-16(10-8-15)21(17(23)24)11-13-22(14-12-21)18(25)26-20(4,5)6/h7-10H,11-14H2,1-6H3,(H,23,24). The highest BCUT2D eigenvalue weighted by Gasteiger charge is 2.44. The Morgan fingerprint density at radius 1 is 1.00 bits per heavy atom. The van der Waals surface area contributed by atoms with Crippen LogP contribution >= 0.6 is 0 Å². The smallest absolute Gasteiger partial charge is 0.410 e. The molecule has 5 heteroatoms. The third-order valence-electron chi connectivity index (χ3n) is 4.98. The number of nitrogens with zero attached hydrogens (tertiary/aromatic N) is 1. The number of carbonyl (C=O) groups excluding carboxylic acids is 1. The number of ether oxygens (including phenoxy) is 1. The lowest BCUT2D eigenvalue weighted by molar-refractivity contribution is -0.146. The molecular weight excluding hydrogens is 330 g/mol. The van der Waals surface area contributed by atoms with E-state index < -0.39 is 17.0 Å².